The third-order valence-electron chi connectivity index (χ3n) is 23.0. The van der Waals surface area contributed by atoms with Crippen LogP contribution < -0.4 is 60.8 Å². The van der Waals surface area contributed by atoms with Crippen molar-refractivity contribution in [3.63, 3.8) is 0 Å². The van der Waals surface area contributed by atoms with Gasteiger partial charge in [-0.2, -0.15) is 0 Å². The Labute approximate surface area is 742 Å². The number of aliphatic hydroxyl groups excluding tert-OH is 2. The average Bonchev–Trinajstić information content (AvgIpc) is 1.70. The molecule has 4 fully saturated rings. The summed E-state index contributed by atoms with van der Waals surface area (Å²) in [5.41, 5.74) is 29.4. The number of fused-ring (bicyclic) bond motifs is 8. The lowest BCUT2D eigenvalue weighted by atomic mass is 10.1. The maximum absolute atomic E-state index is 13.5. The van der Waals surface area contributed by atoms with Crippen LogP contribution in [0, 0.1) is 0 Å². The molecule has 0 radical (unpaired) electrons. The summed E-state index contributed by atoms with van der Waals surface area (Å²) in [6.07, 6.45) is 14.0. The van der Waals surface area contributed by atoms with Crippen LogP contribution in [0.3, 0.4) is 0 Å². The number of carbonyl (C=O) groups is 8. The Morgan fingerprint density at radius 2 is 0.656 bits per heavy atom. The van der Waals surface area contributed by atoms with Crippen LogP contribution >= 0.6 is 0 Å². The predicted octanol–water partition coefficient (Wildman–Crippen LogP) is 14.1. The lowest BCUT2D eigenvalue weighted by Gasteiger charge is -2.14. The van der Waals surface area contributed by atoms with E-state index in [1.54, 1.807) is 168 Å². The number of primary amides is 4. The van der Waals surface area contributed by atoms with E-state index in [1.165, 1.54) is 52.1 Å². The smallest absolute Gasteiger partial charge is 0.257 e. The van der Waals surface area contributed by atoms with E-state index >= 15 is 0 Å². The highest BCUT2D eigenvalue weighted by molar-refractivity contribution is 6.11. The Kier molecular flexibility index (Phi) is 24.4. The van der Waals surface area contributed by atoms with Crippen molar-refractivity contribution in [1.29, 1.82) is 0 Å². The first kappa shape index (κ1) is 86.7. The molecular weight excluding hydrogens is 1690 g/mol. The van der Waals surface area contributed by atoms with Crippen LogP contribution in [-0.4, -0.2) is 201 Å². The molecule has 4 aliphatic rings. The summed E-state index contributed by atoms with van der Waals surface area (Å²) >= 11 is 0. The molecule has 16 aromatic rings. The number of amides is 8. The quantitative estimate of drug-likeness (QED) is 0.0372. The number of rotatable bonds is 20. The number of alkyl halides is 1. The highest BCUT2D eigenvalue weighted by Crippen LogP contribution is 2.42. The van der Waals surface area contributed by atoms with E-state index in [-0.39, 0.29) is 52.4 Å². The van der Waals surface area contributed by atoms with Crippen LogP contribution in [-0.2, 0) is 0 Å². The maximum atomic E-state index is 13.5. The molecule has 12 heterocycles. The third kappa shape index (κ3) is 17.8. The van der Waals surface area contributed by atoms with Crippen molar-refractivity contribution in [3.8, 4) is 69.0 Å². The van der Waals surface area contributed by atoms with Gasteiger partial charge in [-0.3, -0.25) is 58.3 Å². The lowest BCUT2D eigenvalue weighted by molar-refractivity contribution is 0.0760. The molecule has 11 N–H and O–H groups in total. The number of ether oxygens (including phenoxy) is 8. The third-order valence-corrected chi connectivity index (χ3v) is 23.0. The number of aliphatic hydroxyl groups is 2. The van der Waals surface area contributed by atoms with Crippen LogP contribution in [0.25, 0.3) is 87.4 Å². The van der Waals surface area contributed by atoms with Crippen LogP contribution in [0.2, 0.25) is 0 Å². The van der Waals surface area contributed by atoms with Crippen molar-refractivity contribution in [3.05, 3.63) is 240 Å². The molecule has 8 aromatic carbocycles. The van der Waals surface area contributed by atoms with E-state index < -0.39 is 42.0 Å². The number of carbonyl (C=O) groups excluding carboxylic acids is 8. The number of furan rings is 3. The monoisotopic (exact) mass is 1770 g/mol. The van der Waals surface area contributed by atoms with Gasteiger partial charge >= 0.3 is 0 Å². The molecule has 4 aliphatic heterocycles. The van der Waals surface area contributed by atoms with Crippen molar-refractivity contribution >= 4 is 135 Å². The van der Waals surface area contributed by atoms with Gasteiger partial charge < -0.3 is 109 Å². The minimum Gasteiger partial charge on any atom is -0.496 e. The fourth-order valence-electron chi connectivity index (χ4n) is 16.3. The number of halogens is 1. The van der Waals surface area contributed by atoms with Crippen LogP contribution in [0.5, 0.6) is 69.0 Å². The van der Waals surface area contributed by atoms with Crippen LogP contribution in [0.4, 0.5) is 4.39 Å². The Hall–Kier alpha value is -16.4. The van der Waals surface area contributed by atoms with Gasteiger partial charge in [-0.25, -0.2) is 4.39 Å². The van der Waals surface area contributed by atoms with Crippen molar-refractivity contribution in [2.75, 3.05) is 80.8 Å². The largest absolute Gasteiger partial charge is 0.496 e. The SMILES string of the molecule is COc1cc2nccc(Oc3ccc4c(C(=O)N5CCC(F)C5)coc4c3)c2cc1C(N)=O.COc1cc2nccc(Oc3ccc4c(C(=O)N5CCC(O)C5)coc4c3)c2cc1C(N)=O.COc1cc2nccc(Oc3ccc4c(C(=O)N5CCC(O)C5)coc4c3)c2cc1C(N)=O.COc1cc2nccc(Oc3ccc4c(C(=O)N5CCCC5)c[nH]c4c3)c2cc1C(N)=O. The number of hydrogen-bond acceptors (Lipinski definition) is 25. The molecule has 131 heavy (non-hydrogen) atoms. The van der Waals surface area contributed by atoms with Gasteiger partial charge in [0.25, 0.3) is 47.3 Å². The molecule has 0 aliphatic carbocycles. The second-order valence-electron chi connectivity index (χ2n) is 31.2. The number of likely N-dealkylation sites (tertiary alicyclic amines) is 4. The number of aromatic amines is 1. The molecular formula is C96H84FN13O21. The number of hydrogen-bond donors (Lipinski definition) is 7. The molecule has 0 spiro atoms. The summed E-state index contributed by atoms with van der Waals surface area (Å²) in [5.74, 6) is 2.27. The molecule has 8 aromatic heterocycles. The number of β-amino-alcohol motifs (C(OH)–C–C–N with tert-alkyl or cyclic N) is 2. The van der Waals surface area contributed by atoms with Crippen molar-refractivity contribution < 1.29 is 104 Å². The second-order valence-corrected chi connectivity index (χ2v) is 31.2. The van der Waals surface area contributed by atoms with Gasteiger partial charge in [0.1, 0.15) is 111 Å². The first-order valence-electron chi connectivity index (χ1n) is 41.5. The molecule has 8 amide bonds. The van der Waals surface area contributed by atoms with Gasteiger partial charge in [0.15, 0.2) is 0 Å². The normalized spacial score (nSPS) is 15.3. The first-order valence-corrected chi connectivity index (χ1v) is 41.5. The highest BCUT2D eigenvalue weighted by Gasteiger charge is 2.33. The van der Waals surface area contributed by atoms with Gasteiger partial charge in [-0.15, -0.1) is 0 Å². The summed E-state index contributed by atoms with van der Waals surface area (Å²) in [7, 11) is 5.84. The molecule has 3 atom stereocenters. The van der Waals surface area contributed by atoms with Gasteiger partial charge in [0, 0.05) is 174 Å². The average molecular weight is 1770 g/mol. The number of nitrogens with one attached hydrogen (secondary N) is 1. The van der Waals surface area contributed by atoms with E-state index in [2.05, 4.69) is 24.9 Å². The van der Waals surface area contributed by atoms with Crippen LogP contribution in [0.15, 0.2) is 209 Å². The highest BCUT2D eigenvalue weighted by atomic mass is 19.1. The van der Waals surface area contributed by atoms with E-state index in [9.17, 15) is 53.0 Å². The zero-order valence-corrected chi connectivity index (χ0v) is 70.8. The number of benzene rings is 8. The zero-order valence-electron chi connectivity index (χ0n) is 70.8. The summed E-state index contributed by atoms with van der Waals surface area (Å²) < 4.78 is 75.7. The Morgan fingerprint density at radius 3 is 0.954 bits per heavy atom. The molecule has 4 saturated heterocycles. The van der Waals surface area contributed by atoms with Gasteiger partial charge in [0.2, 0.25) is 0 Å². The van der Waals surface area contributed by atoms with Gasteiger partial charge in [-0.1, -0.05) is 0 Å². The van der Waals surface area contributed by atoms with Crippen molar-refractivity contribution in [2.45, 2.75) is 50.5 Å². The molecule has 0 saturated carbocycles. The zero-order chi connectivity index (χ0) is 91.6. The molecule has 0 bridgehead atoms. The summed E-state index contributed by atoms with van der Waals surface area (Å²) in [6, 6.07) is 40.7. The Morgan fingerprint density at radius 1 is 0.351 bits per heavy atom. The summed E-state index contributed by atoms with van der Waals surface area (Å²) in [6.45, 7) is 3.77. The topological polar surface area (TPSA) is 475 Å². The fraction of sp³-hybridized carbons (Fsp3) is 0.208. The Bertz CT molecular complexity index is 6740. The number of aromatic nitrogens is 5. The number of pyridine rings is 4. The van der Waals surface area contributed by atoms with Crippen LogP contribution in [0.1, 0.15) is 115 Å². The molecule has 20 rings (SSSR count). The minimum atomic E-state index is -0.989. The van der Waals surface area contributed by atoms with Crippen molar-refractivity contribution in [1.82, 2.24) is 44.5 Å². The van der Waals surface area contributed by atoms with Gasteiger partial charge in [-0.05, 0) is 129 Å². The van der Waals surface area contributed by atoms with Gasteiger partial charge in [0.05, 0.1) is 114 Å². The maximum Gasteiger partial charge on any atom is 0.257 e. The summed E-state index contributed by atoms with van der Waals surface area (Å²) in [4.78, 5) is 126. The number of nitrogens with zero attached hydrogens (tertiary/aromatic N) is 8. The molecule has 35 heteroatoms. The van der Waals surface area contributed by atoms with E-state index in [4.69, 9.17) is 74.1 Å². The number of nitrogens with two attached hydrogens (primary N) is 4. The number of methoxy groups -OCH3 is 4. The fourth-order valence-corrected chi connectivity index (χ4v) is 16.3. The van der Waals surface area contributed by atoms with Crippen molar-refractivity contribution in [2.24, 2.45) is 22.9 Å². The first-order chi connectivity index (χ1) is 63.4. The van der Waals surface area contributed by atoms with E-state index in [0.29, 0.717) is 220 Å². The number of H-pyrrole nitrogens is 1. The lowest BCUT2D eigenvalue weighted by Crippen LogP contribution is -2.29. The Balaban J connectivity index is 0.000000122. The predicted molar refractivity (Wildman–Crippen MR) is 478 cm³/mol. The standard InChI is InChI=1S/C24H20FN3O5.C24H22N4O4.2C24H21N3O6/c1-31-21-10-19-16(9-17(21)23(26)29)20(4-6-27-19)33-14-2-3-15-18(12-32-22(15)8-14)24(30)28-7-5-13(25)11-28;1-31-22-12-20-16(11-17(22)23(25)29)21(6-7-26-20)32-14-4-5-15-18(13-27-19(15)10-14)24(30)28-8-2-3-9-28;2*1-31-21-10-19-16(9-17(21)23(25)29)20(4-6-26-19)33-14-2-3-15-18(12-32-22(15)8-14)24(30)27-7-5-13(28)11-27/h2-4,6,8-10,12-13H,5,7,11H2,1H3,(H2,26,29);4-7,10-13,27H,2-3,8-9H2,1H3,(H2,25,29);2*2-4,6,8-10,12-13,28H,5,7,11H2,1H3,(H2,25,29). The summed E-state index contributed by atoms with van der Waals surface area (Å²) in [5, 5.41) is 24.6. The second kappa shape index (κ2) is 36.9. The minimum absolute atomic E-state index is 0.0514. The molecule has 3 unspecified atom stereocenters. The van der Waals surface area contributed by atoms with E-state index in [1.807, 2.05) is 23.1 Å². The molecule has 34 nitrogen and oxygen atoms in total. The molecule has 666 valence electrons. The van der Waals surface area contributed by atoms with E-state index in [0.717, 1.165) is 36.8 Å².